The summed E-state index contributed by atoms with van der Waals surface area (Å²) in [6.07, 6.45) is 7.15. The van der Waals surface area contributed by atoms with Crippen LogP contribution in [0.5, 0.6) is 0 Å². The smallest absolute Gasteiger partial charge is 0.168 e. The van der Waals surface area contributed by atoms with Crippen LogP contribution in [-0.4, -0.2) is 36.6 Å². The second kappa shape index (κ2) is 4.60. The van der Waals surface area contributed by atoms with Gasteiger partial charge in [-0.2, -0.15) is 0 Å². The fraction of sp³-hybridized carbons (Fsp3) is 0.636. The Kier molecular flexibility index (Phi) is 3.33. The second-order valence-corrected chi connectivity index (χ2v) is 6.67. The molecule has 0 saturated carbocycles. The molecule has 0 aliphatic carbocycles. The van der Waals surface area contributed by atoms with Crippen LogP contribution < -0.4 is 4.90 Å². The predicted molar refractivity (Wildman–Crippen MR) is 66.6 cm³/mol. The molecule has 1 unspecified atom stereocenters. The summed E-state index contributed by atoms with van der Waals surface area (Å²) in [6.45, 7) is 2.64. The van der Waals surface area contributed by atoms with E-state index in [0.29, 0.717) is 6.42 Å². The van der Waals surface area contributed by atoms with Crippen molar-refractivity contribution in [1.82, 2.24) is 9.97 Å². The molecule has 2 heterocycles. The number of aryl methyl sites for hydroxylation is 1. The van der Waals surface area contributed by atoms with Gasteiger partial charge in [0.15, 0.2) is 9.84 Å². The average molecular weight is 255 g/mol. The van der Waals surface area contributed by atoms with Crippen LogP contribution in [0.3, 0.4) is 0 Å². The monoisotopic (exact) mass is 255 g/mol. The van der Waals surface area contributed by atoms with E-state index in [1.807, 2.05) is 11.8 Å². The minimum Gasteiger partial charge on any atom is -0.352 e. The van der Waals surface area contributed by atoms with Crippen LogP contribution in [-0.2, 0) is 9.84 Å². The highest BCUT2D eigenvalue weighted by Crippen LogP contribution is 2.28. The molecule has 5 nitrogen and oxygen atoms in total. The Morgan fingerprint density at radius 1 is 1.41 bits per heavy atom. The quantitative estimate of drug-likeness (QED) is 0.793. The van der Waals surface area contributed by atoms with Crippen LogP contribution >= 0.6 is 0 Å². The third-order valence-electron chi connectivity index (χ3n) is 3.14. The largest absolute Gasteiger partial charge is 0.352 e. The molecule has 0 bridgehead atoms. The number of aromatic nitrogens is 2. The number of piperidine rings is 1. The fourth-order valence-electron chi connectivity index (χ4n) is 2.29. The molecule has 6 heteroatoms. The van der Waals surface area contributed by atoms with Crippen molar-refractivity contribution < 1.29 is 8.42 Å². The fourth-order valence-corrected chi connectivity index (χ4v) is 3.56. The van der Waals surface area contributed by atoms with Crippen LogP contribution in [0.2, 0.25) is 0 Å². The first-order chi connectivity index (χ1) is 8.00. The van der Waals surface area contributed by atoms with Crippen LogP contribution in [0.25, 0.3) is 0 Å². The van der Waals surface area contributed by atoms with E-state index in [0.717, 1.165) is 30.8 Å². The molecule has 0 N–H and O–H groups in total. The minimum absolute atomic E-state index is 0.430. The van der Waals surface area contributed by atoms with Gasteiger partial charge in [0.1, 0.15) is 11.7 Å². The van der Waals surface area contributed by atoms with E-state index in [1.54, 1.807) is 6.20 Å². The minimum atomic E-state index is -3.07. The van der Waals surface area contributed by atoms with Gasteiger partial charge in [-0.25, -0.2) is 18.4 Å². The standard InChI is InChI=1S/C11H17N3O2S/c1-9-10(7-12-8-13-9)14-6-4-3-5-11(14)17(2,15)16/h7-8,11H,3-6H2,1-2H3. The molecule has 1 aliphatic rings. The Balaban J connectivity index is 2.38. The molecule has 0 radical (unpaired) electrons. The molecule has 1 aromatic heterocycles. The maximum atomic E-state index is 11.8. The average Bonchev–Trinajstić information content (AvgIpc) is 2.28. The summed E-state index contributed by atoms with van der Waals surface area (Å²) in [5, 5.41) is -0.430. The summed E-state index contributed by atoms with van der Waals surface area (Å²) < 4.78 is 23.6. The molecule has 0 aromatic carbocycles. The highest BCUT2D eigenvalue weighted by Gasteiger charge is 2.31. The van der Waals surface area contributed by atoms with E-state index in [1.165, 1.54) is 12.6 Å². The summed E-state index contributed by atoms with van der Waals surface area (Å²) in [5.41, 5.74) is 1.66. The van der Waals surface area contributed by atoms with E-state index in [4.69, 9.17) is 0 Å². The van der Waals surface area contributed by atoms with Crippen molar-refractivity contribution >= 4 is 15.5 Å². The highest BCUT2D eigenvalue weighted by atomic mass is 32.2. The van der Waals surface area contributed by atoms with E-state index in [9.17, 15) is 8.42 Å². The lowest BCUT2D eigenvalue weighted by atomic mass is 10.1. The molecule has 0 spiro atoms. The maximum Gasteiger partial charge on any atom is 0.168 e. The Morgan fingerprint density at radius 2 is 2.18 bits per heavy atom. The molecule has 17 heavy (non-hydrogen) atoms. The number of nitrogens with zero attached hydrogens (tertiary/aromatic N) is 3. The van der Waals surface area contributed by atoms with E-state index in [-0.39, 0.29) is 0 Å². The summed E-state index contributed by atoms with van der Waals surface area (Å²) in [7, 11) is -3.07. The molecule has 0 amide bonds. The number of hydrogen-bond donors (Lipinski definition) is 0. The number of anilines is 1. The Morgan fingerprint density at radius 3 is 2.82 bits per heavy atom. The van der Waals surface area contributed by atoms with Gasteiger partial charge < -0.3 is 4.90 Å². The van der Waals surface area contributed by atoms with Crippen molar-refractivity contribution in [2.45, 2.75) is 31.6 Å². The first kappa shape index (κ1) is 12.3. The zero-order valence-corrected chi connectivity index (χ0v) is 10.9. The Hall–Kier alpha value is -1.17. The summed E-state index contributed by atoms with van der Waals surface area (Å²) in [6, 6.07) is 0. The zero-order valence-electron chi connectivity index (χ0n) is 10.1. The first-order valence-corrected chi connectivity index (χ1v) is 7.68. The van der Waals surface area contributed by atoms with Crippen molar-refractivity contribution in [3.8, 4) is 0 Å². The summed E-state index contributed by atoms with van der Waals surface area (Å²) in [5.74, 6) is 0. The number of hydrogen-bond acceptors (Lipinski definition) is 5. The van der Waals surface area contributed by atoms with Gasteiger partial charge >= 0.3 is 0 Å². The maximum absolute atomic E-state index is 11.8. The van der Waals surface area contributed by atoms with Crippen molar-refractivity contribution in [2.75, 3.05) is 17.7 Å². The first-order valence-electron chi connectivity index (χ1n) is 5.72. The van der Waals surface area contributed by atoms with Gasteiger partial charge in [-0.05, 0) is 26.2 Å². The van der Waals surface area contributed by atoms with Gasteiger partial charge in [0.25, 0.3) is 0 Å². The third kappa shape index (κ3) is 2.57. The molecular formula is C11H17N3O2S. The van der Waals surface area contributed by atoms with E-state index >= 15 is 0 Å². The van der Waals surface area contributed by atoms with Gasteiger partial charge in [0.2, 0.25) is 0 Å². The molecule has 2 rings (SSSR count). The van der Waals surface area contributed by atoms with Crippen molar-refractivity contribution in [2.24, 2.45) is 0 Å². The third-order valence-corrected chi connectivity index (χ3v) is 4.62. The van der Waals surface area contributed by atoms with E-state index < -0.39 is 15.2 Å². The summed E-state index contributed by atoms with van der Waals surface area (Å²) >= 11 is 0. The van der Waals surface area contributed by atoms with E-state index in [2.05, 4.69) is 9.97 Å². The van der Waals surface area contributed by atoms with Gasteiger partial charge in [0.05, 0.1) is 17.6 Å². The lowest BCUT2D eigenvalue weighted by molar-refractivity contribution is 0.510. The van der Waals surface area contributed by atoms with Crippen LogP contribution in [0.4, 0.5) is 5.69 Å². The van der Waals surface area contributed by atoms with Crippen molar-refractivity contribution in [3.05, 3.63) is 18.2 Å². The molecule has 1 saturated heterocycles. The zero-order chi connectivity index (χ0) is 12.5. The Bertz CT molecular complexity index is 501. The van der Waals surface area contributed by atoms with Crippen LogP contribution in [0, 0.1) is 6.92 Å². The molecule has 1 fully saturated rings. The van der Waals surface area contributed by atoms with Crippen molar-refractivity contribution in [3.63, 3.8) is 0 Å². The lowest BCUT2D eigenvalue weighted by Gasteiger charge is -2.36. The molecule has 1 atom stereocenters. The van der Waals surface area contributed by atoms with Gasteiger partial charge in [-0.1, -0.05) is 0 Å². The van der Waals surface area contributed by atoms with Crippen molar-refractivity contribution in [1.29, 1.82) is 0 Å². The number of rotatable bonds is 2. The van der Waals surface area contributed by atoms with Gasteiger partial charge in [-0.3, -0.25) is 0 Å². The normalized spacial score (nSPS) is 21.5. The topological polar surface area (TPSA) is 63.2 Å². The van der Waals surface area contributed by atoms with Gasteiger partial charge in [0, 0.05) is 12.8 Å². The molecule has 1 aliphatic heterocycles. The van der Waals surface area contributed by atoms with Gasteiger partial charge in [-0.15, -0.1) is 0 Å². The molecule has 1 aromatic rings. The number of sulfone groups is 1. The van der Waals surface area contributed by atoms with Crippen LogP contribution in [0.1, 0.15) is 25.0 Å². The van der Waals surface area contributed by atoms with Crippen LogP contribution in [0.15, 0.2) is 12.5 Å². The predicted octanol–water partition coefficient (Wildman–Crippen LogP) is 1.15. The Labute approximate surface area is 102 Å². The lowest BCUT2D eigenvalue weighted by Crippen LogP contribution is -2.44. The molecule has 94 valence electrons. The summed E-state index contributed by atoms with van der Waals surface area (Å²) in [4.78, 5) is 10.0. The second-order valence-electron chi connectivity index (χ2n) is 4.47. The molecular weight excluding hydrogens is 238 g/mol. The highest BCUT2D eigenvalue weighted by molar-refractivity contribution is 7.91. The SMILES string of the molecule is Cc1ncncc1N1CCCCC1S(C)(=O)=O.